The second-order valence-corrected chi connectivity index (χ2v) is 8.31. The maximum Gasteiger partial charge on any atom is 0.253 e. The second-order valence-electron chi connectivity index (χ2n) is 6.94. The van der Waals surface area contributed by atoms with Gasteiger partial charge in [-0.1, -0.05) is 0 Å². The lowest BCUT2D eigenvalue weighted by Crippen LogP contribution is -2.60. The molecule has 26 heavy (non-hydrogen) atoms. The molecule has 2 aliphatic heterocycles. The van der Waals surface area contributed by atoms with Crippen LogP contribution in [-0.2, 0) is 20.8 Å². The van der Waals surface area contributed by atoms with Crippen LogP contribution < -0.4 is 4.90 Å². The highest BCUT2D eigenvalue weighted by molar-refractivity contribution is 7.11. The van der Waals surface area contributed by atoms with Crippen LogP contribution in [0, 0.1) is 6.92 Å². The fourth-order valence-electron chi connectivity index (χ4n) is 3.56. The van der Waals surface area contributed by atoms with Crippen molar-refractivity contribution in [2.75, 3.05) is 44.4 Å². The van der Waals surface area contributed by atoms with E-state index in [-0.39, 0.29) is 12.5 Å². The topological polar surface area (TPSA) is 54.9 Å². The maximum absolute atomic E-state index is 12.4. The van der Waals surface area contributed by atoms with E-state index in [2.05, 4.69) is 28.9 Å². The summed E-state index contributed by atoms with van der Waals surface area (Å²) in [5, 5.41) is 0. The minimum Gasteiger partial charge on any atom is -0.377 e. The lowest BCUT2D eigenvalue weighted by molar-refractivity contribution is -0.146. The number of carbonyl (C=O) groups is 1. The van der Waals surface area contributed by atoms with E-state index in [0.717, 1.165) is 25.3 Å². The van der Waals surface area contributed by atoms with Gasteiger partial charge >= 0.3 is 0 Å². The number of aryl methyl sites for hydroxylation is 1. The molecule has 0 aliphatic carbocycles. The molecule has 0 N–H and O–H groups in total. The van der Waals surface area contributed by atoms with Gasteiger partial charge in [0.2, 0.25) is 0 Å². The normalized spacial score (nSPS) is 24.8. The van der Waals surface area contributed by atoms with Crippen molar-refractivity contribution in [2.24, 2.45) is 0 Å². The SMILES string of the molecule is Cc1ccc(CN2CCOC[C@]3(C2)CN(c2cccnc2)C(=O)CO3)s1. The fourth-order valence-corrected chi connectivity index (χ4v) is 4.49. The van der Waals surface area contributed by atoms with E-state index >= 15 is 0 Å². The van der Waals surface area contributed by atoms with E-state index in [1.807, 2.05) is 23.5 Å². The molecule has 1 amide bonds. The largest absolute Gasteiger partial charge is 0.377 e. The molecule has 4 heterocycles. The summed E-state index contributed by atoms with van der Waals surface area (Å²) in [7, 11) is 0. The zero-order chi connectivity index (χ0) is 18.0. The van der Waals surface area contributed by atoms with Crippen molar-refractivity contribution in [2.45, 2.75) is 19.1 Å². The third-order valence-electron chi connectivity index (χ3n) is 4.81. The van der Waals surface area contributed by atoms with Crippen LogP contribution in [0.2, 0.25) is 0 Å². The van der Waals surface area contributed by atoms with E-state index < -0.39 is 5.60 Å². The highest BCUT2D eigenvalue weighted by Crippen LogP contribution is 2.28. The molecule has 2 aromatic heterocycles. The van der Waals surface area contributed by atoms with Gasteiger partial charge in [0.25, 0.3) is 5.91 Å². The molecule has 0 radical (unpaired) electrons. The summed E-state index contributed by atoms with van der Waals surface area (Å²) in [5.41, 5.74) is 0.303. The Balaban J connectivity index is 1.52. The van der Waals surface area contributed by atoms with Crippen LogP contribution in [0.4, 0.5) is 5.69 Å². The Labute approximate surface area is 157 Å². The number of hydrogen-bond donors (Lipinski definition) is 0. The average molecular weight is 373 g/mol. The van der Waals surface area contributed by atoms with Gasteiger partial charge in [-0.2, -0.15) is 0 Å². The first kappa shape index (κ1) is 17.6. The molecule has 2 fully saturated rings. The van der Waals surface area contributed by atoms with Crippen molar-refractivity contribution in [3.05, 3.63) is 46.4 Å². The van der Waals surface area contributed by atoms with Gasteiger partial charge in [0, 0.05) is 35.6 Å². The molecule has 0 unspecified atom stereocenters. The van der Waals surface area contributed by atoms with E-state index in [9.17, 15) is 4.79 Å². The molecule has 0 aromatic carbocycles. The van der Waals surface area contributed by atoms with Crippen molar-refractivity contribution in [3.8, 4) is 0 Å². The first-order chi connectivity index (χ1) is 12.6. The first-order valence-corrected chi connectivity index (χ1v) is 9.65. The lowest BCUT2D eigenvalue weighted by Gasteiger charge is -2.42. The molecule has 0 saturated carbocycles. The molecular weight excluding hydrogens is 350 g/mol. The van der Waals surface area contributed by atoms with Crippen molar-refractivity contribution >= 4 is 22.9 Å². The number of amides is 1. The maximum atomic E-state index is 12.4. The van der Waals surface area contributed by atoms with E-state index in [1.54, 1.807) is 17.3 Å². The van der Waals surface area contributed by atoms with Gasteiger partial charge in [-0.15, -0.1) is 11.3 Å². The van der Waals surface area contributed by atoms with Crippen molar-refractivity contribution in [3.63, 3.8) is 0 Å². The Morgan fingerprint density at radius 1 is 1.31 bits per heavy atom. The van der Waals surface area contributed by atoms with Gasteiger partial charge < -0.3 is 14.4 Å². The van der Waals surface area contributed by atoms with Crippen molar-refractivity contribution in [1.82, 2.24) is 9.88 Å². The molecule has 2 aliphatic rings. The Hall–Kier alpha value is -1.80. The molecule has 138 valence electrons. The van der Waals surface area contributed by atoms with Gasteiger partial charge in [0.1, 0.15) is 12.2 Å². The Bertz CT molecular complexity index is 766. The number of hydrogen-bond acceptors (Lipinski definition) is 6. The smallest absolute Gasteiger partial charge is 0.253 e. The van der Waals surface area contributed by atoms with Crippen LogP contribution in [0.15, 0.2) is 36.7 Å². The summed E-state index contributed by atoms with van der Waals surface area (Å²) in [5.74, 6) is -0.0340. The predicted molar refractivity (Wildman–Crippen MR) is 100 cm³/mol. The summed E-state index contributed by atoms with van der Waals surface area (Å²) in [6.45, 7) is 6.35. The Morgan fingerprint density at radius 3 is 3.00 bits per heavy atom. The summed E-state index contributed by atoms with van der Waals surface area (Å²) < 4.78 is 11.9. The molecule has 7 heteroatoms. The number of anilines is 1. The van der Waals surface area contributed by atoms with E-state index in [1.165, 1.54) is 9.75 Å². The third-order valence-corrected chi connectivity index (χ3v) is 5.80. The quantitative estimate of drug-likeness (QED) is 0.825. The number of carbonyl (C=O) groups excluding carboxylic acids is 1. The van der Waals surface area contributed by atoms with Crippen LogP contribution in [0.5, 0.6) is 0 Å². The molecule has 4 rings (SSSR count). The molecule has 2 saturated heterocycles. The fraction of sp³-hybridized carbons (Fsp3) is 0.474. The van der Waals surface area contributed by atoms with Crippen LogP contribution in [-0.4, -0.2) is 60.8 Å². The number of morpholine rings is 1. The minimum atomic E-state index is -0.507. The summed E-state index contributed by atoms with van der Waals surface area (Å²) in [6, 6.07) is 8.10. The van der Waals surface area contributed by atoms with Gasteiger partial charge in [0.15, 0.2) is 0 Å². The number of rotatable bonds is 3. The first-order valence-electron chi connectivity index (χ1n) is 8.83. The summed E-state index contributed by atoms with van der Waals surface area (Å²) in [6.07, 6.45) is 3.43. The van der Waals surface area contributed by atoms with Crippen LogP contribution in [0.1, 0.15) is 9.75 Å². The standard InChI is InChI=1S/C19H23N3O3S/c1-15-4-5-17(26-15)10-21-7-8-24-14-19(12-21)13-22(18(23)11-25-19)16-3-2-6-20-9-16/h2-6,9H,7-8,10-14H2,1H3/t19-/m0/s1. The number of thiophene rings is 1. The molecule has 1 atom stereocenters. The lowest BCUT2D eigenvalue weighted by atomic mass is 10.0. The third kappa shape index (κ3) is 3.81. The van der Waals surface area contributed by atoms with Gasteiger partial charge in [-0.3, -0.25) is 14.7 Å². The van der Waals surface area contributed by atoms with Gasteiger partial charge in [-0.25, -0.2) is 0 Å². The second kappa shape index (κ2) is 7.44. The number of aromatic nitrogens is 1. The number of pyridine rings is 1. The van der Waals surface area contributed by atoms with Gasteiger partial charge in [0.05, 0.1) is 31.6 Å². The molecule has 6 nitrogen and oxygen atoms in total. The number of ether oxygens (including phenoxy) is 2. The zero-order valence-corrected chi connectivity index (χ0v) is 15.7. The predicted octanol–water partition coefficient (Wildman–Crippen LogP) is 2.09. The summed E-state index contributed by atoms with van der Waals surface area (Å²) >= 11 is 1.82. The Kier molecular flexibility index (Phi) is 5.04. The zero-order valence-electron chi connectivity index (χ0n) is 14.9. The molecule has 2 aromatic rings. The van der Waals surface area contributed by atoms with Crippen molar-refractivity contribution < 1.29 is 14.3 Å². The van der Waals surface area contributed by atoms with Crippen molar-refractivity contribution in [1.29, 1.82) is 0 Å². The molecule has 1 spiro atoms. The van der Waals surface area contributed by atoms with Crippen LogP contribution >= 0.6 is 11.3 Å². The summed E-state index contributed by atoms with van der Waals surface area (Å²) in [4.78, 5) is 23.4. The van der Waals surface area contributed by atoms with E-state index in [0.29, 0.717) is 19.8 Å². The highest BCUT2D eigenvalue weighted by atomic mass is 32.1. The highest BCUT2D eigenvalue weighted by Gasteiger charge is 2.43. The van der Waals surface area contributed by atoms with E-state index in [4.69, 9.17) is 9.47 Å². The van der Waals surface area contributed by atoms with Crippen LogP contribution in [0.3, 0.4) is 0 Å². The minimum absolute atomic E-state index is 0.0340. The van der Waals surface area contributed by atoms with Crippen LogP contribution in [0.25, 0.3) is 0 Å². The molecular formula is C19H23N3O3S. The number of nitrogens with zero attached hydrogens (tertiary/aromatic N) is 3. The Morgan fingerprint density at radius 2 is 2.23 bits per heavy atom. The molecule has 0 bridgehead atoms. The van der Waals surface area contributed by atoms with Gasteiger partial charge in [-0.05, 0) is 31.2 Å². The monoisotopic (exact) mass is 373 g/mol. The average Bonchev–Trinajstić information content (AvgIpc) is 2.95.